The molecule has 1 aliphatic heterocycles. The van der Waals surface area contributed by atoms with Gasteiger partial charge in [-0.2, -0.15) is 0 Å². The molecule has 0 spiro atoms. The first-order valence-corrected chi connectivity index (χ1v) is 9.91. The van der Waals surface area contributed by atoms with Crippen LogP contribution in [0.4, 0.5) is 0 Å². The summed E-state index contributed by atoms with van der Waals surface area (Å²) in [5.41, 5.74) is 0.754. The molecular formula is C22H29N3O4. The summed E-state index contributed by atoms with van der Waals surface area (Å²) < 4.78 is 0. The Morgan fingerprint density at radius 2 is 1.86 bits per heavy atom. The van der Waals surface area contributed by atoms with E-state index in [-0.39, 0.29) is 28.5 Å². The topological polar surface area (TPSA) is 96.3 Å². The van der Waals surface area contributed by atoms with Crippen molar-refractivity contribution < 1.29 is 20.1 Å². The van der Waals surface area contributed by atoms with Gasteiger partial charge >= 0.3 is 0 Å². The number of fused-ring (bicyclic) bond motifs is 1. The second-order valence-electron chi connectivity index (χ2n) is 7.56. The van der Waals surface area contributed by atoms with E-state index in [0.29, 0.717) is 23.1 Å². The number of hydrogen-bond acceptors (Lipinski definition) is 6. The minimum Gasteiger partial charge on any atom is -0.507 e. The van der Waals surface area contributed by atoms with Crippen molar-refractivity contribution in [1.82, 2.24) is 15.1 Å². The van der Waals surface area contributed by atoms with Gasteiger partial charge in [0.1, 0.15) is 17.2 Å². The van der Waals surface area contributed by atoms with Crippen LogP contribution in [-0.4, -0.2) is 77.3 Å². The molecule has 0 atom stereocenters. The first-order valence-electron chi connectivity index (χ1n) is 9.91. The van der Waals surface area contributed by atoms with Crippen LogP contribution in [0.2, 0.25) is 0 Å². The number of hydrogen-bond donors (Lipinski definition) is 4. The molecule has 0 aromatic heterocycles. The number of piperazine rings is 1. The molecule has 2 aromatic rings. The van der Waals surface area contributed by atoms with Gasteiger partial charge in [-0.25, -0.2) is 0 Å². The monoisotopic (exact) mass is 399 g/mol. The average molecular weight is 399 g/mol. The molecule has 29 heavy (non-hydrogen) atoms. The van der Waals surface area contributed by atoms with Crippen molar-refractivity contribution in [2.24, 2.45) is 0 Å². The van der Waals surface area contributed by atoms with Crippen molar-refractivity contribution in [3.05, 3.63) is 35.4 Å². The van der Waals surface area contributed by atoms with E-state index in [0.717, 1.165) is 39.1 Å². The number of nitrogens with zero attached hydrogens (tertiary/aromatic N) is 2. The SMILES string of the molecule is Cc1c(/C=C/C(=O)NCCCN2CCN(C)CC2)c(O)c2c(O)cccc2c1O. The van der Waals surface area contributed by atoms with Gasteiger partial charge in [0.25, 0.3) is 0 Å². The van der Waals surface area contributed by atoms with Crippen LogP contribution in [0, 0.1) is 6.92 Å². The molecule has 156 valence electrons. The highest BCUT2D eigenvalue weighted by Crippen LogP contribution is 2.43. The van der Waals surface area contributed by atoms with E-state index in [2.05, 4.69) is 22.2 Å². The van der Waals surface area contributed by atoms with Gasteiger partial charge in [-0.1, -0.05) is 12.1 Å². The zero-order chi connectivity index (χ0) is 21.0. The standard InChI is InChI=1S/C22H29N3O4/c1-15-16(22(29)20-17(21(15)28)5-3-6-18(20)26)7-8-19(27)23-9-4-10-25-13-11-24(2)12-14-25/h3,5-8,26,28-29H,4,9-14H2,1-2H3,(H,23,27)/b8-7+. The van der Waals surface area contributed by atoms with Gasteiger partial charge in [0.2, 0.25) is 5.91 Å². The quantitative estimate of drug-likeness (QED) is 0.337. The first kappa shape index (κ1) is 21.0. The minimum absolute atomic E-state index is 0.0269. The van der Waals surface area contributed by atoms with Crippen LogP contribution in [0.1, 0.15) is 17.5 Å². The molecule has 3 rings (SSSR count). The van der Waals surface area contributed by atoms with Gasteiger partial charge in [0.05, 0.1) is 5.39 Å². The van der Waals surface area contributed by atoms with Gasteiger partial charge in [-0.3, -0.25) is 4.79 Å². The number of likely N-dealkylation sites (N-methyl/N-ethyl adjacent to an activating group) is 1. The van der Waals surface area contributed by atoms with Crippen molar-refractivity contribution in [2.75, 3.05) is 46.3 Å². The van der Waals surface area contributed by atoms with Crippen LogP contribution in [0.15, 0.2) is 24.3 Å². The van der Waals surface area contributed by atoms with Crippen LogP contribution >= 0.6 is 0 Å². The lowest BCUT2D eigenvalue weighted by atomic mass is 9.97. The Bertz CT molecular complexity index is 918. The smallest absolute Gasteiger partial charge is 0.244 e. The Labute approximate surface area is 170 Å². The van der Waals surface area contributed by atoms with Crippen LogP contribution in [-0.2, 0) is 4.79 Å². The minimum atomic E-state index is -0.265. The van der Waals surface area contributed by atoms with E-state index >= 15 is 0 Å². The number of carbonyl (C=O) groups excluding carboxylic acids is 1. The Balaban J connectivity index is 1.60. The summed E-state index contributed by atoms with van der Waals surface area (Å²) in [4.78, 5) is 16.8. The van der Waals surface area contributed by atoms with E-state index in [4.69, 9.17) is 0 Å². The first-order chi connectivity index (χ1) is 13.9. The van der Waals surface area contributed by atoms with E-state index < -0.39 is 0 Å². The summed E-state index contributed by atoms with van der Waals surface area (Å²) in [5.74, 6) is -0.578. The predicted octanol–water partition coefficient (Wildman–Crippen LogP) is 2.03. The number of amides is 1. The second kappa shape index (κ2) is 9.15. The molecule has 1 saturated heterocycles. The van der Waals surface area contributed by atoms with Gasteiger partial charge < -0.3 is 30.4 Å². The molecule has 1 fully saturated rings. The van der Waals surface area contributed by atoms with Gasteiger partial charge in [-0.05, 0) is 39.1 Å². The van der Waals surface area contributed by atoms with Crippen molar-refractivity contribution in [2.45, 2.75) is 13.3 Å². The fraction of sp³-hybridized carbons (Fsp3) is 0.409. The summed E-state index contributed by atoms with van der Waals surface area (Å²) >= 11 is 0. The molecule has 7 heteroatoms. The third-order valence-electron chi connectivity index (χ3n) is 5.50. The molecule has 0 unspecified atom stereocenters. The lowest BCUT2D eigenvalue weighted by Crippen LogP contribution is -2.45. The number of aromatic hydroxyl groups is 3. The van der Waals surface area contributed by atoms with E-state index in [1.807, 2.05) is 0 Å². The third kappa shape index (κ3) is 4.81. The zero-order valence-electron chi connectivity index (χ0n) is 17.0. The molecule has 1 aliphatic rings. The lowest BCUT2D eigenvalue weighted by Gasteiger charge is -2.32. The van der Waals surface area contributed by atoms with E-state index in [9.17, 15) is 20.1 Å². The summed E-state index contributed by atoms with van der Waals surface area (Å²) in [6.45, 7) is 7.45. The molecule has 7 nitrogen and oxygen atoms in total. The lowest BCUT2D eigenvalue weighted by molar-refractivity contribution is -0.116. The molecule has 0 aliphatic carbocycles. The molecule has 0 saturated carbocycles. The Kier molecular flexibility index (Phi) is 6.61. The maximum atomic E-state index is 12.1. The zero-order valence-corrected chi connectivity index (χ0v) is 17.0. The van der Waals surface area contributed by atoms with E-state index in [1.54, 1.807) is 19.1 Å². The summed E-state index contributed by atoms with van der Waals surface area (Å²) in [6.07, 6.45) is 3.67. The molecule has 0 radical (unpaired) electrons. The Morgan fingerprint density at radius 3 is 2.59 bits per heavy atom. The fourth-order valence-electron chi connectivity index (χ4n) is 3.64. The maximum absolute atomic E-state index is 12.1. The van der Waals surface area contributed by atoms with Gasteiger partial charge in [-0.15, -0.1) is 0 Å². The normalized spacial score (nSPS) is 15.9. The highest BCUT2D eigenvalue weighted by atomic mass is 16.3. The number of carbonyl (C=O) groups is 1. The fourth-order valence-corrected chi connectivity index (χ4v) is 3.64. The average Bonchev–Trinajstić information content (AvgIpc) is 2.70. The number of phenolic OH excluding ortho intramolecular Hbond substituents is 3. The van der Waals surface area contributed by atoms with Gasteiger partial charge in [0.15, 0.2) is 0 Å². The van der Waals surface area contributed by atoms with Crippen LogP contribution in [0.5, 0.6) is 17.2 Å². The van der Waals surface area contributed by atoms with Crippen LogP contribution in [0.25, 0.3) is 16.8 Å². The summed E-state index contributed by atoms with van der Waals surface area (Å²) in [6, 6.07) is 4.66. The van der Waals surface area contributed by atoms with Crippen LogP contribution < -0.4 is 5.32 Å². The molecule has 2 aromatic carbocycles. The third-order valence-corrected chi connectivity index (χ3v) is 5.50. The second-order valence-corrected chi connectivity index (χ2v) is 7.56. The van der Waals surface area contributed by atoms with Crippen molar-refractivity contribution in [3.8, 4) is 17.2 Å². The highest BCUT2D eigenvalue weighted by molar-refractivity contribution is 6.02. The summed E-state index contributed by atoms with van der Waals surface area (Å²) in [5, 5.41) is 34.4. The Hall–Kier alpha value is -2.77. The molecule has 0 bridgehead atoms. The van der Waals surface area contributed by atoms with Crippen LogP contribution in [0.3, 0.4) is 0 Å². The number of rotatable bonds is 6. The number of nitrogens with one attached hydrogen (secondary N) is 1. The number of phenols is 3. The molecule has 1 heterocycles. The largest absolute Gasteiger partial charge is 0.507 e. The van der Waals surface area contributed by atoms with Crippen molar-refractivity contribution >= 4 is 22.8 Å². The molecule has 4 N–H and O–H groups in total. The van der Waals surface area contributed by atoms with Crippen molar-refractivity contribution in [1.29, 1.82) is 0 Å². The summed E-state index contributed by atoms with van der Waals surface area (Å²) in [7, 11) is 2.13. The molecule has 1 amide bonds. The number of benzene rings is 2. The highest BCUT2D eigenvalue weighted by Gasteiger charge is 2.17. The predicted molar refractivity (Wildman–Crippen MR) is 114 cm³/mol. The van der Waals surface area contributed by atoms with Crippen molar-refractivity contribution in [3.63, 3.8) is 0 Å². The Morgan fingerprint density at radius 1 is 1.14 bits per heavy atom. The van der Waals surface area contributed by atoms with E-state index in [1.165, 1.54) is 18.2 Å². The molecular weight excluding hydrogens is 370 g/mol. The maximum Gasteiger partial charge on any atom is 0.244 e. The van der Waals surface area contributed by atoms with Gasteiger partial charge in [0, 0.05) is 55.3 Å².